The molecule has 0 bridgehead atoms. The average molecular weight is 493 g/mol. The van der Waals surface area contributed by atoms with E-state index in [-0.39, 0.29) is 0 Å². The molecule has 1 aliphatic rings. The Morgan fingerprint density at radius 3 is 1.29 bits per heavy atom. The highest BCUT2D eigenvalue weighted by Crippen LogP contribution is 2.26. The smallest absolute Gasteiger partial charge is 0.0195 e. The molecule has 210 valence electrons. The van der Waals surface area contributed by atoms with Crippen LogP contribution in [-0.2, 0) is 0 Å². The highest BCUT2D eigenvalue weighted by atomic mass is 15.1. The van der Waals surface area contributed by atoms with E-state index in [1.165, 1.54) is 116 Å². The molecule has 1 heterocycles. The molecule has 2 nitrogen and oxygen atoms in total. The largest absolute Gasteiger partial charge is 0.313 e. The SMILES string of the molecule is CC(C)CCC(CCCN(CCCC(CCC(C)C)CCC(C)C)C[C@@H]1CCCN1)CCC(C)C. The molecule has 0 radical (unpaired) electrons. The molecular formula is C33H68N2. The molecule has 0 saturated carbocycles. The Bertz CT molecular complexity index is 406. The maximum Gasteiger partial charge on any atom is 0.0195 e. The van der Waals surface area contributed by atoms with Gasteiger partial charge in [0, 0.05) is 12.6 Å². The van der Waals surface area contributed by atoms with Crippen LogP contribution in [0.4, 0.5) is 0 Å². The predicted octanol–water partition coefficient (Wildman–Crippen LogP) is 9.58. The fourth-order valence-corrected chi connectivity index (χ4v) is 5.87. The molecule has 0 unspecified atom stereocenters. The van der Waals surface area contributed by atoms with E-state index in [1.807, 2.05) is 0 Å². The summed E-state index contributed by atoms with van der Waals surface area (Å²) in [6.07, 6.45) is 19.9. The van der Waals surface area contributed by atoms with Crippen LogP contribution in [0.3, 0.4) is 0 Å². The van der Waals surface area contributed by atoms with Crippen LogP contribution in [0.25, 0.3) is 0 Å². The standard InChI is InChI=1S/C33H68N2/c1-27(2)15-19-31(20-16-28(3)4)12-10-24-35(26-33-14-9-23-34-33)25-11-13-32(21-17-29(5)6)22-18-30(7)8/h27-34H,9-26H2,1-8H3/t33-/m0/s1. The van der Waals surface area contributed by atoms with Gasteiger partial charge in [-0.1, -0.05) is 107 Å². The third kappa shape index (κ3) is 18.8. The second-order valence-electron chi connectivity index (χ2n) is 14.0. The summed E-state index contributed by atoms with van der Waals surface area (Å²) >= 11 is 0. The lowest BCUT2D eigenvalue weighted by Gasteiger charge is -2.28. The van der Waals surface area contributed by atoms with E-state index >= 15 is 0 Å². The molecule has 0 aromatic carbocycles. The number of rotatable bonds is 22. The molecule has 1 fully saturated rings. The molecule has 0 aromatic rings. The highest BCUT2D eigenvalue weighted by molar-refractivity contribution is 4.78. The molecule has 1 atom stereocenters. The van der Waals surface area contributed by atoms with Crippen LogP contribution in [0.2, 0.25) is 0 Å². The normalized spacial score (nSPS) is 17.1. The van der Waals surface area contributed by atoms with Crippen molar-refractivity contribution in [3.63, 3.8) is 0 Å². The van der Waals surface area contributed by atoms with Crippen molar-refractivity contribution in [2.45, 2.75) is 151 Å². The van der Waals surface area contributed by atoms with Crippen molar-refractivity contribution in [2.24, 2.45) is 35.5 Å². The lowest BCUT2D eigenvalue weighted by atomic mass is 9.87. The summed E-state index contributed by atoms with van der Waals surface area (Å²) in [6.45, 7) is 24.3. The Hall–Kier alpha value is -0.0800. The van der Waals surface area contributed by atoms with Gasteiger partial charge in [0.25, 0.3) is 0 Å². The van der Waals surface area contributed by atoms with Gasteiger partial charge in [-0.3, -0.25) is 0 Å². The lowest BCUT2D eigenvalue weighted by molar-refractivity contribution is 0.220. The van der Waals surface area contributed by atoms with Crippen molar-refractivity contribution >= 4 is 0 Å². The van der Waals surface area contributed by atoms with E-state index in [4.69, 9.17) is 0 Å². The first-order chi connectivity index (χ1) is 16.7. The van der Waals surface area contributed by atoms with Crippen LogP contribution in [0.15, 0.2) is 0 Å². The van der Waals surface area contributed by atoms with Crippen LogP contribution in [-0.4, -0.2) is 37.1 Å². The quantitative estimate of drug-likeness (QED) is 0.162. The summed E-state index contributed by atoms with van der Waals surface area (Å²) in [7, 11) is 0. The van der Waals surface area contributed by atoms with E-state index in [2.05, 4.69) is 65.6 Å². The van der Waals surface area contributed by atoms with Gasteiger partial charge in [-0.2, -0.15) is 0 Å². The number of hydrogen-bond acceptors (Lipinski definition) is 2. The Kier molecular flexibility index (Phi) is 18.8. The van der Waals surface area contributed by atoms with Gasteiger partial charge in [-0.15, -0.1) is 0 Å². The van der Waals surface area contributed by atoms with Crippen molar-refractivity contribution in [1.82, 2.24) is 10.2 Å². The van der Waals surface area contributed by atoms with Gasteiger partial charge in [0.2, 0.25) is 0 Å². The molecule has 0 amide bonds. The van der Waals surface area contributed by atoms with Crippen LogP contribution in [0, 0.1) is 35.5 Å². The molecule has 1 saturated heterocycles. The van der Waals surface area contributed by atoms with Gasteiger partial charge in [-0.05, 0) is 93.7 Å². The van der Waals surface area contributed by atoms with Crippen molar-refractivity contribution in [3.8, 4) is 0 Å². The molecular weight excluding hydrogens is 424 g/mol. The van der Waals surface area contributed by atoms with Crippen molar-refractivity contribution < 1.29 is 0 Å². The summed E-state index contributed by atoms with van der Waals surface area (Å²) in [4.78, 5) is 2.85. The third-order valence-electron chi connectivity index (χ3n) is 8.42. The highest BCUT2D eigenvalue weighted by Gasteiger charge is 2.19. The Balaban J connectivity index is 2.55. The monoisotopic (exact) mass is 493 g/mol. The van der Waals surface area contributed by atoms with E-state index in [0.29, 0.717) is 0 Å². The Morgan fingerprint density at radius 2 is 0.971 bits per heavy atom. The second-order valence-corrected chi connectivity index (χ2v) is 14.0. The molecule has 1 rings (SSSR count). The minimum absolute atomic E-state index is 0.741. The minimum Gasteiger partial charge on any atom is -0.313 e. The number of nitrogens with one attached hydrogen (secondary N) is 1. The predicted molar refractivity (Wildman–Crippen MR) is 159 cm³/mol. The average Bonchev–Trinajstić information content (AvgIpc) is 3.29. The van der Waals surface area contributed by atoms with E-state index in [9.17, 15) is 0 Å². The van der Waals surface area contributed by atoms with Crippen LogP contribution >= 0.6 is 0 Å². The van der Waals surface area contributed by atoms with Crippen LogP contribution in [0.5, 0.6) is 0 Å². The Labute approximate surface area is 223 Å². The number of nitrogens with zero attached hydrogens (tertiary/aromatic N) is 1. The molecule has 1 N–H and O–H groups in total. The fourth-order valence-electron chi connectivity index (χ4n) is 5.87. The first kappa shape index (κ1) is 32.9. The van der Waals surface area contributed by atoms with Crippen molar-refractivity contribution in [3.05, 3.63) is 0 Å². The molecule has 0 aromatic heterocycles. The van der Waals surface area contributed by atoms with Gasteiger partial charge in [0.15, 0.2) is 0 Å². The summed E-state index contributed by atoms with van der Waals surface area (Å²) in [6, 6.07) is 0.741. The first-order valence-electron chi connectivity index (χ1n) is 16.1. The summed E-state index contributed by atoms with van der Waals surface area (Å²) in [5.41, 5.74) is 0. The third-order valence-corrected chi connectivity index (χ3v) is 8.42. The molecule has 1 aliphatic heterocycles. The molecule has 0 spiro atoms. The topological polar surface area (TPSA) is 15.3 Å². The van der Waals surface area contributed by atoms with Gasteiger partial charge in [-0.25, -0.2) is 0 Å². The van der Waals surface area contributed by atoms with E-state index < -0.39 is 0 Å². The maximum atomic E-state index is 3.77. The van der Waals surface area contributed by atoms with Crippen LogP contribution < -0.4 is 5.32 Å². The summed E-state index contributed by atoms with van der Waals surface area (Å²) in [5, 5.41) is 3.77. The van der Waals surface area contributed by atoms with Crippen LogP contribution in [0.1, 0.15) is 145 Å². The molecule has 2 heteroatoms. The van der Waals surface area contributed by atoms with E-state index in [1.54, 1.807) is 0 Å². The summed E-state index contributed by atoms with van der Waals surface area (Å²) in [5.74, 6) is 5.29. The van der Waals surface area contributed by atoms with Crippen molar-refractivity contribution in [2.75, 3.05) is 26.2 Å². The van der Waals surface area contributed by atoms with Crippen molar-refractivity contribution in [1.29, 1.82) is 0 Å². The van der Waals surface area contributed by atoms with Gasteiger partial charge < -0.3 is 10.2 Å². The molecule has 0 aliphatic carbocycles. The Morgan fingerprint density at radius 1 is 0.571 bits per heavy atom. The maximum absolute atomic E-state index is 3.77. The molecule has 35 heavy (non-hydrogen) atoms. The minimum atomic E-state index is 0.741. The summed E-state index contributed by atoms with van der Waals surface area (Å²) < 4.78 is 0. The fraction of sp³-hybridized carbons (Fsp3) is 1.00. The zero-order chi connectivity index (χ0) is 26.1. The number of hydrogen-bond donors (Lipinski definition) is 1. The lowest BCUT2D eigenvalue weighted by Crippen LogP contribution is -2.38. The van der Waals surface area contributed by atoms with Gasteiger partial charge in [0.05, 0.1) is 0 Å². The first-order valence-corrected chi connectivity index (χ1v) is 16.1. The van der Waals surface area contributed by atoms with E-state index in [0.717, 1.165) is 41.5 Å². The zero-order valence-electron chi connectivity index (χ0n) is 25.7. The van der Waals surface area contributed by atoms with Gasteiger partial charge >= 0.3 is 0 Å². The second kappa shape index (κ2) is 20.0. The van der Waals surface area contributed by atoms with Gasteiger partial charge in [0.1, 0.15) is 0 Å². The zero-order valence-corrected chi connectivity index (χ0v) is 25.7.